The largest absolute Gasteiger partial charge is 0.0979 e. The van der Waals surface area contributed by atoms with Crippen molar-refractivity contribution in [3.8, 4) is 0 Å². The summed E-state index contributed by atoms with van der Waals surface area (Å²) in [6, 6.07) is 5.65. The molecule has 0 amide bonds. The molecule has 0 atom stereocenters. The lowest BCUT2D eigenvalue weighted by Crippen LogP contribution is -1.75. The summed E-state index contributed by atoms with van der Waals surface area (Å²) in [5, 5.41) is 0.721. The summed E-state index contributed by atoms with van der Waals surface area (Å²) in [7, 11) is 0. The van der Waals surface area contributed by atoms with Gasteiger partial charge in [-0.1, -0.05) is 62.2 Å². The summed E-state index contributed by atoms with van der Waals surface area (Å²) in [4.78, 5) is 0. The number of hydrogen-bond acceptors (Lipinski definition) is 0. The number of halogens is 3. The lowest BCUT2D eigenvalue weighted by Gasteiger charge is -1.99. The maximum absolute atomic E-state index is 5.80. The van der Waals surface area contributed by atoms with E-state index in [1.807, 2.05) is 24.3 Å². The van der Waals surface area contributed by atoms with Gasteiger partial charge in [0.25, 0.3) is 0 Å². The molecule has 0 N–H and O–H groups in total. The van der Waals surface area contributed by atoms with E-state index >= 15 is 0 Å². The molecule has 0 nitrogen and oxygen atoms in total. The molecule has 68 valence electrons. The van der Waals surface area contributed by atoms with Crippen LogP contribution in [0.1, 0.15) is 5.56 Å². The molecule has 1 aromatic rings. The predicted octanol–water partition coefficient (Wildman–Crippen LogP) is 5.02. The second-order valence-electron chi connectivity index (χ2n) is 2.40. The maximum atomic E-state index is 5.80. The Bertz CT molecular complexity index is 356. The first-order valence-corrected chi connectivity index (χ1v) is 5.54. The number of rotatable bonds is 2. The molecule has 0 fully saturated rings. The Morgan fingerprint density at radius 3 is 2.69 bits per heavy atom. The molecule has 0 saturated heterocycles. The molecule has 0 bridgehead atoms. The van der Waals surface area contributed by atoms with E-state index in [-0.39, 0.29) is 0 Å². The first-order chi connectivity index (χ1) is 6.13. The summed E-state index contributed by atoms with van der Waals surface area (Å²) >= 11 is 12.6. The topological polar surface area (TPSA) is 0 Å². The Balaban J connectivity index is 3.09. The third kappa shape index (κ3) is 3.29. The minimum atomic E-state index is 0.721. The maximum Gasteiger partial charge on any atom is 0.0417 e. The zero-order valence-corrected chi connectivity index (χ0v) is 10.7. The van der Waals surface area contributed by atoms with Crippen molar-refractivity contribution >= 4 is 49.5 Å². The average molecular weight is 322 g/mol. The van der Waals surface area contributed by atoms with Gasteiger partial charge in [0.1, 0.15) is 0 Å². The fourth-order valence-corrected chi connectivity index (χ4v) is 1.87. The van der Waals surface area contributed by atoms with Crippen LogP contribution in [0.5, 0.6) is 0 Å². The van der Waals surface area contributed by atoms with Crippen LogP contribution in [0.4, 0.5) is 0 Å². The van der Waals surface area contributed by atoms with Gasteiger partial charge >= 0.3 is 0 Å². The second-order valence-corrected chi connectivity index (χ2v) is 4.61. The van der Waals surface area contributed by atoms with Crippen LogP contribution in [0, 0.1) is 0 Å². The number of allylic oxidation sites excluding steroid dienone is 2. The van der Waals surface area contributed by atoms with E-state index in [0.29, 0.717) is 0 Å². The normalized spacial score (nSPS) is 11.5. The van der Waals surface area contributed by atoms with Gasteiger partial charge in [-0.2, -0.15) is 0 Å². The highest BCUT2D eigenvalue weighted by molar-refractivity contribution is 9.12. The average Bonchev–Trinajstić information content (AvgIpc) is 2.09. The Kier molecular flexibility index (Phi) is 4.23. The van der Waals surface area contributed by atoms with Gasteiger partial charge in [-0.05, 0) is 23.8 Å². The van der Waals surface area contributed by atoms with Crippen LogP contribution in [0.15, 0.2) is 39.8 Å². The Hall–Kier alpha value is -0.0500. The van der Waals surface area contributed by atoms with Crippen molar-refractivity contribution < 1.29 is 0 Å². The lowest BCUT2D eigenvalue weighted by atomic mass is 10.2. The molecule has 1 rings (SSSR count). The zero-order chi connectivity index (χ0) is 9.84. The molecule has 0 aromatic heterocycles. The fourth-order valence-electron chi connectivity index (χ4n) is 0.826. The third-order valence-corrected chi connectivity index (χ3v) is 2.93. The van der Waals surface area contributed by atoms with Crippen molar-refractivity contribution in [1.29, 1.82) is 0 Å². The summed E-state index contributed by atoms with van der Waals surface area (Å²) in [6.45, 7) is 3.65. The summed E-state index contributed by atoms with van der Waals surface area (Å²) in [5.74, 6) is 0. The molecule has 1 aromatic carbocycles. The van der Waals surface area contributed by atoms with Crippen LogP contribution in [0.25, 0.3) is 6.08 Å². The Morgan fingerprint density at radius 2 is 2.15 bits per heavy atom. The van der Waals surface area contributed by atoms with Gasteiger partial charge in [0.2, 0.25) is 0 Å². The van der Waals surface area contributed by atoms with Crippen LogP contribution in [0.3, 0.4) is 0 Å². The van der Waals surface area contributed by atoms with Crippen LogP contribution in [0.2, 0.25) is 5.02 Å². The van der Waals surface area contributed by atoms with Crippen LogP contribution >= 0.6 is 43.5 Å². The monoisotopic (exact) mass is 320 g/mol. The van der Waals surface area contributed by atoms with E-state index in [0.717, 1.165) is 19.5 Å². The molecule has 0 aliphatic rings. The smallest absolute Gasteiger partial charge is 0.0417 e. The first-order valence-electron chi connectivity index (χ1n) is 3.58. The number of benzene rings is 1. The van der Waals surface area contributed by atoms with Gasteiger partial charge in [0.05, 0.1) is 0 Å². The highest BCUT2D eigenvalue weighted by Gasteiger charge is 1.97. The van der Waals surface area contributed by atoms with Gasteiger partial charge in [-0.25, -0.2) is 0 Å². The van der Waals surface area contributed by atoms with Crippen LogP contribution in [-0.4, -0.2) is 0 Å². The van der Waals surface area contributed by atoms with E-state index in [1.165, 1.54) is 0 Å². The Morgan fingerprint density at radius 1 is 1.46 bits per heavy atom. The highest BCUT2D eigenvalue weighted by Crippen LogP contribution is 2.24. The minimum absolute atomic E-state index is 0.721. The van der Waals surface area contributed by atoms with Gasteiger partial charge in [-0.3, -0.25) is 0 Å². The second kappa shape index (κ2) is 4.99. The van der Waals surface area contributed by atoms with Crippen molar-refractivity contribution in [3.63, 3.8) is 0 Å². The predicted molar refractivity (Wildman–Crippen MR) is 66.3 cm³/mol. The highest BCUT2D eigenvalue weighted by atomic mass is 79.9. The van der Waals surface area contributed by atoms with Crippen molar-refractivity contribution in [3.05, 3.63) is 50.4 Å². The lowest BCUT2D eigenvalue weighted by molar-refractivity contribution is 1.60. The van der Waals surface area contributed by atoms with Crippen molar-refractivity contribution in [2.75, 3.05) is 0 Å². The quantitative estimate of drug-likeness (QED) is 0.670. The van der Waals surface area contributed by atoms with Gasteiger partial charge in [-0.15, -0.1) is 0 Å². The summed E-state index contributed by atoms with van der Waals surface area (Å²) in [5.41, 5.74) is 1.07. The van der Waals surface area contributed by atoms with E-state index in [2.05, 4.69) is 38.4 Å². The van der Waals surface area contributed by atoms with Gasteiger partial charge in [0.15, 0.2) is 0 Å². The molecule has 0 radical (unpaired) electrons. The summed E-state index contributed by atoms with van der Waals surface area (Å²) in [6.07, 6.45) is 3.70. The minimum Gasteiger partial charge on any atom is -0.0979 e. The number of hydrogen-bond donors (Lipinski definition) is 0. The standard InChI is InChI=1S/C10H7Br2Cl/c1-2-8(11)5-7-3-4-9(13)6-10(7)12/h2-6H,1H2/b8-5-. The molecular formula is C10H7Br2Cl. The van der Waals surface area contributed by atoms with Crippen LogP contribution < -0.4 is 0 Å². The third-order valence-electron chi connectivity index (χ3n) is 1.45. The van der Waals surface area contributed by atoms with E-state index in [9.17, 15) is 0 Å². The van der Waals surface area contributed by atoms with E-state index in [1.54, 1.807) is 6.08 Å². The molecular weight excluding hydrogens is 315 g/mol. The van der Waals surface area contributed by atoms with E-state index in [4.69, 9.17) is 11.6 Å². The zero-order valence-electron chi connectivity index (χ0n) is 6.73. The molecule has 0 aliphatic carbocycles. The van der Waals surface area contributed by atoms with Gasteiger partial charge < -0.3 is 0 Å². The molecule has 0 unspecified atom stereocenters. The first kappa shape index (κ1) is 11.0. The summed E-state index contributed by atoms with van der Waals surface area (Å²) < 4.78 is 1.91. The molecule has 13 heavy (non-hydrogen) atoms. The molecule has 3 heteroatoms. The molecule has 0 saturated carbocycles. The van der Waals surface area contributed by atoms with Crippen molar-refractivity contribution in [2.45, 2.75) is 0 Å². The Labute approximate surface area is 99.6 Å². The molecule has 0 heterocycles. The fraction of sp³-hybridized carbons (Fsp3) is 0. The van der Waals surface area contributed by atoms with Crippen molar-refractivity contribution in [2.24, 2.45) is 0 Å². The van der Waals surface area contributed by atoms with Crippen LogP contribution in [-0.2, 0) is 0 Å². The molecule has 0 spiro atoms. The molecule has 0 aliphatic heterocycles. The van der Waals surface area contributed by atoms with Gasteiger partial charge in [0, 0.05) is 14.0 Å². The SMILES string of the molecule is C=C/C(Br)=C/c1ccc(Cl)cc1Br. The van der Waals surface area contributed by atoms with E-state index < -0.39 is 0 Å². The van der Waals surface area contributed by atoms with Crippen molar-refractivity contribution in [1.82, 2.24) is 0 Å².